The maximum absolute atomic E-state index is 12.8. The van der Waals surface area contributed by atoms with E-state index in [2.05, 4.69) is 12.2 Å². The molecule has 1 aromatic rings. The van der Waals surface area contributed by atoms with Crippen LogP contribution in [0.2, 0.25) is 0 Å². The van der Waals surface area contributed by atoms with Crippen molar-refractivity contribution < 1.29 is 9.50 Å². The Balaban J connectivity index is 1.77. The number of benzene rings is 1. The molecular weight excluding hydrogens is 229 g/mol. The minimum absolute atomic E-state index is 0.266. The molecule has 1 fully saturated rings. The highest BCUT2D eigenvalue weighted by molar-refractivity contribution is 5.18. The Bertz CT molecular complexity index is 371. The number of halogens is 1. The van der Waals surface area contributed by atoms with E-state index in [0.29, 0.717) is 12.0 Å². The van der Waals surface area contributed by atoms with Crippen LogP contribution in [0.25, 0.3) is 0 Å². The molecule has 1 aliphatic carbocycles. The summed E-state index contributed by atoms with van der Waals surface area (Å²) in [6, 6.07) is 6.05. The fraction of sp³-hybridized carbons (Fsp3) is 0.600. The van der Waals surface area contributed by atoms with Crippen LogP contribution in [-0.2, 0) is 0 Å². The van der Waals surface area contributed by atoms with Gasteiger partial charge in [-0.3, -0.25) is 0 Å². The van der Waals surface area contributed by atoms with Crippen LogP contribution in [0.1, 0.15) is 44.3 Å². The normalized spacial score (nSPS) is 19.9. The number of aliphatic hydroxyl groups excluding tert-OH is 1. The topological polar surface area (TPSA) is 32.3 Å². The van der Waals surface area contributed by atoms with Crippen LogP contribution in [-0.4, -0.2) is 18.2 Å². The molecule has 0 amide bonds. The molecule has 100 valence electrons. The first-order valence-corrected chi connectivity index (χ1v) is 6.73. The monoisotopic (exact) mass is 251 g/mol. The Morgan fingerprint density at radius 1 is 1.28 bits per heavy atom. The van der Waals surface area contributed by atoms with Crippen molar-refractivity contribution in [2.75, 3.05) is 13.1 Å². The van der Waals surface area contributed by atoms with E-state index in [4.69, 9.17) is 0 Å². The second-order valence-corrected chi connectivity index (χ2v) is 5.72. The first-order valence-electron chi connectivity index (χ1n) is 6.73. The van der Waals surface area contributed by atoms with Gasteiger partial charge < -0.3 is 10.4 Å². The molecule has 0 spiro atoms. The highest BCUT2D eigenvalue weighted by Gasteiger charge is 2.28. The number of hydrogen-bond acceptors (Lipinski definition) is 2. The first-order chi connectivity index (χ1) is 8.59. The van der Waals surface area contributed by atoms with E-state index in [9.17, 15) is 9.50 Å². The molecule has 2 N–H and O–H groups in total. The third kappa shape index (κ3) is 3.53. The molecule has 1 saturated carbocycles. The molecule has 0 aromatic heterocycles. The molecule has 2 rings (SSSR count). The Morgan fingerprint density at radius 2 is 1.89 bits per heavy atom. The van der Waals surface area contributed by atoms with Crippen molar-refractivity contribution in [3.63, 3.8) is 0 Å². The summed E-state index contributed by atoms with van der Waals surface area (Å²) in [7, 11) is 0. The average Bonchev–Trinajstić information content (AvgIpc) is 2.77. The van der Waals surface area contributed by atoms with Gasteiger partial charge in [0.25, 0.3) is 0 Å². The molecular formula is C15H22FNO. The number of aliphatic hydroxyl groups is 1. The van der Waals surface area contributed by atoms with Crippen LogP contribution in [0.3, 0.4) is 0 Å². The predicted molar refractivity (Wildman–Crippen MR) is 70.8 cm³/mol. The summed E-state index contributed by atoms with van der Waals surface area (Å²) in [5, 5.41) is 13.3. The third-order valence-corrected chi connectivity index (χ3v) is 3.95. The van der Waals surface area contributed by atoms with E-state index < -0.39 is 6.10 Å². The number of hydrogen-bond donors (Lipinski definition) is 2. The molecule has 0 aliphatic heterocycles. The Labute approximate surface area is 108 Å². The third-order valence-electron chi connectivity index (χ3n) is 3.95. The van der Waals surface area contributed by atoms with Crippen LogP contribution < -0.4 is 5.32 Å². The second kappa shape index (κ2) is 5.81. The molecule has 0 heterocycles. The van der Waals surface area contributed by atoms with Crippen LogP contribution in [0.5, 0.6) is 0 Å². The van der Waals surface area contributed by atoms with Crippen molar-refractivity contribution >= 4 is 0 Å². The summed E-state index contributed by atoms with van der Waals surface area (Å²) >= 11 is 0. The standard InChI is InChI=1S/C15H22FNO/c1-15(8-2-3-9-15)11-17-10-14(18)12-4-6-13(16)7-5-12/h4-7,14,17-18H,2-3,8-11H2,1H3. The van der Waals surface area contributed by atoms with Crippen molar-refractivity contribution in [1.82, 2.24) is 5.32 Å². The van der Waals surface area contributed by atoms with Crippen molar-refractivity contribution in [2.24, 2.45) is 5.41 Å². The molecule has 18 heavy (non-hydrogen) atoms. The SMILES string of the molecule is CC1(CNCC(O)c2ccc(F)cc2)CCCC1. The summed E-state index contributed by atoms with van der Waals surface area (Å²) in [5.74, 6) is -0.266. The van der Waals surface area contributed by atoms with Crippen molar-refractivity contribution in [3.8, 4) is 0 Å². The van der Waals surface area contributed by atoms with Gasteiger partial charge in [-0.25, -0.2) is 4.39 Å². The molecule has 3 heteroatoms. The minimum Gasteiger partial charge on any atom is -0.387 e. The molecule has 1 atom stereocenters. The highest BCUT2D eigenvalue weighted by Crippen LogP contribution is 2.36. The highest BCUT2D eigenvalue weighted by atomic mass is 19.1. The summed E-state index contributed by atoms with van der Waals surface area (Å²) in [6.07, 6.45) is 4.62. The molecule has 1 unspecified atom stereocenters. The second-order valence-electron chi connectivity index (χ2n) is 5.72. The fourth-order valence-electron chi connectivity index (χ4n) is 2.72. The fourth-order valence-corrected chi connectivity index (χ4v) is 2.72. The molecule has 2 nitrogen and oxygen atoms in total. The van der Waals surface area contributed by atoms with Gasteiger partial charge in [-0.15, -0.1) is 0 Å². The van der Waals surface area contributed by atoms with E-state index in [1.165, 1.54) is 37.8 Å². The van der Waals surface area contributed by atoms with E-state index in [1.807, 2.05) is 0 Å². The van der Waals surface area contributed by atoms with Gasteiger partial charge in [0.15, 0.2) is 0 Å². The summed E-state index contributed by atoms with van der Waals surface area (Å²) < 4.78 is 12.8. The average molecular weight is 251 g/mol. The molecule has 1 aliphatic rings. The van der Waals surface area contributed by atoms with Gasteiger partial charge in [0, 0.05) is 13.1 Å². The van der Waals surface area contributed by atoms with Gasteiger partial charge in [-0.05, 0) is 36.0 Å². The van der Waals surface area contributed by atoms with Crippen LogP contribution >= 0.6 is 0 Å². The lowest BCUT2D eigenvalue weighted by atomic mass is 9.89. The zero-order chi connectivity index (χ0) is 13.0. The zero-order valence-electron chi connectivity index (χ0n) is 11.0. The lowest BCUT2D eigenvalue weighted by Crippen LogP contribution is -2.32. The van der Waals surface area contributed by atoms with E-state index in [-0.39, 0.29) is 5.82 Å². The van der Waals surface area contributed by atoms with Gasteiger partial charge >= 0.3 is 0 Å². The number of nitrogens with one attached hydrogen (secondary N) is 1. The van der Waals surface area contributed by atoms with Gasteiger partial charge in [-0.1, -0.05) is 31.9 Å². The molecule has 0 radical (unpaired) electrons. The van der Waals surface area contributed by atoms with Gasteiger partial charge in [-0.2, -0.15) is 0 Å². The summed E-state index contributed by atoms with van der Waals surface area (Å²) in [5.41, 5.74) is 1.16. The van der Waals surface area contributed by atoms with Crippen molar-refractivity contribution in [2.45, 2.75) is 38.7 Å². The first kappa shape index (κ1) is 13.5. The minimum atomic E-state index is -0.560. The number of rotatable bonds is 5. The van der Waals surface area contributed by atoms with Crippen LogP contribution in [0, 0.1) is 11.2 Å². The quantitative estimate of drug-likeness (QED) is 0.843. The Morgan fingerprint density at radius 3 is 2.50 bits per heavy atom. The van der Waals surface area contributed by atoms with Crippen LogP contribution in [0.4, 0.5) is 4.39 Å². The summed E-state index contributed by atoms with van der Waals surface area (Å²) in [6.45, 7) is 3.78. The van der Waals surface area contributed by atoms with E-state index in [1.54, 1.807) is 12.1 Å². The van der Waals surface area contributed by atoms with Gasteiger partial charge in [0.2, 0.25) is 0 Å². The van der Waals surface area contributed by atoms with Gasteiger partial charge in [0.1, 0.15) is 5.82 Å². The molecule has 0 saturated heterocycles. The van der Waals surface area contributed by atoms with Crippen molar-refractivity contribution in [3.05, 3.63) is 35.6 Å². The lowest BCUT2D eigenvalue weighted by Gasteiger charge is -2.24. The molecule has 1 aromatic carbocycles. The van der Waals surface area contributed by atoms with E-state index in [0.717, 1.165) is 12.1 Å². The molecule has 0 bridgehead atoms. The van der Waals surface area contributed by atoms with E-state index >= 15 is 0 Å². The lowest BCUT2D eigenvalue weighted by molar-refractivity contribution is 0.167. The predicted octanol–water partition coefficient (Wildman–Crippen LogP) is 3.03. The van der Waals surface area contributed by atoms with Crippen LogP contribution in [0.15, 0.2) is 24.3 Å². The Hall–Kier alpha value is -0.930. The largest absolute Gasteiger partial charge is 0.387 e. The maximum atomic E-state index is 12.8. The Kier molecular flexibility index (Phi) is 4.36. The maximum Gasteiger partial charge on any atom is 0.123 e. The van der Waals surface area contributed by atoms with Crippen molar-refractivity contribution in [1.29, 1.82) is 0 Å². The zero-order valence-corrected chi connectivity index (χ0v) is 11.0. The smallest absolute Gasteiger partial charge is 0.123 e. The van der Waals surface area contributed by atoms with Gasteiger partial charge in [0.05, 0.1) is 6.10 Å². The summed E-state index contributed by atoms with van der Waals surface area (Å²) in [4.78, 5) is 0.